The van der Waals surface area contributed by atoms with Gasteiger partial charge < -0.3 is 10.7 Å². The van der Waals surface area contributed by atoms with Crippen molar-refractivity contribution in [2.75, 3.05) is 5.73 Å². The first-order valence-electron chi connectivity index (χ1n) is 6.56. The molecule has 3 aromatic heterocycles. The monoisotopic (exact) mass is 281 g/mol. The molecule has 0 bridgehead atoms. The van der Waals surface area contributed by atoms with Gasteiger partial charge in [0, 0.05) is 29.6 Å². The Morgan fingerprint density at radius 1 is 1.29 bits per heavy atom. The van der Waals surface area contributed by atoms with Crippen LogP contribution in [-0.2, 0) is 6.42 Å². The maximum Gasteiger partial charge on any atom is 0.178 e. The van der Waals surface area contributed by atoms with E-state index in [4.69, 9.17) is 5.73 Å². The highest BCUT2D eigenvalue weighted by molar-refractivity contribution is 5.83. The van der Waals surface area contributed by atoms with E-state index in [0.717, 1.165) is 16.5 Å². The van der Waals surface area contributed by atoms with E-state index in [1.165, 1.54) is 16.8 Å². The minimum absolute atomic E-state index is 0.285. The number of pyridine rings is 1. The molecule has 0 spiro atoms. The lowest BCUT2D eigenvalue weighted by Gasteiger charge is -1.95. The van der Waals surface area contributed by atoms with Crippen LogP contribution in [0.5, 0.6) is 0 Å². The van der Waals surface area contributed by atoms with Crippen LogP contribution in [0.15, 0.2) is 42.7 Å². The van der Waals surface area contributed by atoms with Crippen molar-refractivity contribution in [1.82, 2.24) is 19.6 Å². The van der Waals surface area contributed by atoms with Gasteiger partial charge in [0.05, 0.1) is 11.9 Å². The van der Waals surface area contributed by atoms with E-state index in [9.17, 15) is 4.39 Å². The molecule has 0 fully saturated rings. The third-order valence-electron chi connectivity index (χ3n) is 3.50. The number of nitrogen functional groups attached to an aromatic ring is 1. The summed E-state index contributed by atoms with van der Waals surface area (Å²) in [4.78, 5) is 7.60. The minimum Gasteiger partial charge on any atom is -0.396 e. The van der Waals surface area contributed by atoms with Crippen LogP contribution in [0.25, 0.3) is 16.6 Å². The van der Waals surface area contributed by atoms with Crippen LogP contribution in [-0.4, -0.2) is 19.6 Å². The molecule has 0 aliphatic heterocycles. The molecule has 3 N–H and O–H groups in total. The fourth-order valence-electron chi connectivity index (χ4n) is 2.54. The predicted octanol–water partition coefficient (Wildman–Crippen LogP) is 2.52. The van der Waals surface area contributed by atoms with Crippen LogP contribution in [0.1, 0.15) is 11.4 Å². The highest BCUT2D eigenvalue weighted by Gasteiger charge is 2.11. The molecule has 6 heteroatoms. The number of benzene rings is 1. The van der Waals surface area contributed by atoms with E-state index in [2.05, 4.69) is 15.1 Å². The first-order valence-corrected chi connectivity index (χ1v) is 6.56. The number of H-pyrrole nitrogens is 1. The van der Waals surface area contributed by atoms with Crippen LogP contribution >= 0.6 is 0 Å². The SMILES string of the molecule is Nc1cc(F)cn2nc(Cc3c[nH]c4ccccc34)nc12. The molecule has 4 aromatic rings. The summed E-state index contributed by atoms with van der Waals surface area (Å²) in [5.74, 6) is 0.181. The molecule has 0 saturated carbocycles. The van der Waals surface area contributed by atoms with Crippen molar-refractivity contribution in [1.29, 1.82) is 0 Å². The van der Waals surface area contributed by atoms with Gasteiger partial charge in [-0.05, 0) is 11.6 Å². The van der Waals surface area contributed by atoms with Crippen molar-refractivity contribution < 1.29 is 4.39 Å². The number of anilines is 1. The number of halogens is 1. The topological polar surface area (TPSA) is 72.0 Å². The molecule has 0 radical (unpaired) electrons. The lowest BCUT2D eigenvalue weighted by molar-refractivity contribution is 0.615. The molecule has 21 heavy (non-hydrogen) atoms. The number of aromatic nitrogens is 4. The van der Waals surface area contributed by atoms with Gasteiger partial charge in [0.2, 0.25) is 0 Å². The van der Waals surface area contributed by atoms with E-state index >= 15 is 0 Å². The van der Waals surface area contributed by atoms with Crippen molar-refractivity contribution in [3.05, 3.63) is 59.9 Å². The molecule has 4 rings (SSSR count). The number of para-hydroxylation sites is 1. The maximum atomic E-state index is 13.3. The zero-order chi connectivity index (χ0) is 14.4. The molecular formula is C15H12FN5. The Morgan fingerprint density at radius 2 is 2.14 bits per heavy atom. The van der Waals surface area contributed by atoms with E-state index in [1.807, 2.05) is 30.5 Å². The minimum atomic E-state index is -0.427. The van der Waals surface area contributed by atoms with Gasteiger partial charge in [-0.1, -0.05) is 18.2 Å². The van der Waals surface area contributed by atoms with Gasteiger partial charge >= 0.3 is 0 Å². The van der Waals surface area contributed by atoms with Gasteiger partial charge in [-0.15, -0.1) is 0 Å². The summed E-state index contributed by atoms with van der Waals surface area (Å²) in [5, 5.41) is 5.42. The van der Waals surface area contributed by atoms with Crippen LogP contribution in [0.3, 0.4) is 0 Å². The average molecular weight is 281 g/mol. The van der Waals surface area contributed by atoms with Crippen LogP contribution in [0.2, 0.25) is 0 Å². The van der Waals surface area contributed by atoms with E-state index in [1.54, 1.807) is 0 Å². The Morgan fingerprint density at radius 3 is 3.05 bits per heavy atom. The maximum absolute atomic E-state index is 13.3. The Kier molecular flexibility index (Phi) is 2.44. The van der Waals surface area contributed by atoms with Crippen molar-refractivity contribution in [2.24, 2.45) is 0 Å². The lowest BCUT2D eigenvalue weighted by Crippen LogP contribution is -1.95. The predicted molar refractivity (Wildman–Crippen MR) is 78.5 cm³/mol. The van der Waals surface area contributed by atoms with E-state index < -0.39 is 5.82 Å². The highest BCUT2D eigenvalue weighted by Crippen LogP contribution is 2.21. The molecule has 0 aliphatic carbocycles. The summed E-state index contributed by atoms with van der Waals surface area (Å²) >= 11 is 0. The Bertz CT molecular complexity index is 953. The number of rotatable bonds is 2. The van der Waals surface area contributed by atoms with Gasteiger partial charge in [0.25, 0.3) is 0 Å². The lowest BCUT2D eigenvalue weighted by atomic mass is 10.1. The average Bonchev–Trinajstić information content (AvgIpc) is 3.04. The first kappa shape index (κ1) is 11.9. The largest absolute Gasteiger partial charge is 0.396 e. The Balaban J connectivity index is 1.79. The molecule has 5 nitrogen and oxygen atoms in total. The Labute approximate surface area is 119 Å². The van der Waals surface area contributed by atoms with Crippen LogP contribution in [0, 0.1) is 5.82 Å². The summed E-state index contributed by atoms with van der Waals surface area (Å²) in [6.45, 7) is 0. The summed E-state index contributed by atoms with van der Waals surface area (Å²) in [6, 6.07) is 9.28. The normalized spacial score (nSPS) is 11.5. The summed E-state index contributed by atoms with van der Waals surface area (Å²) in [7, 11) is 0. The van der Waals surface area contributed by atoms with Crippen molar-refractivity contribution in [3.63, 3.8) is 0 Å². The molecule has 0 atom stereocenters. The Hall–Kier alpha value is -2.89. The zero-order valence-electron chi connectivity index (χ0n) is 11.0. The number of nitrogens with one attached hydrogen (secondary N) is 1. The van der Waals surface area contributed by atoms with Gasteiger partial charge in [-0.2, -0.15) is 5.10 Å². The second-order valence-corrected chi connectivity index (χ2v) is 4.95. The van der Waals surface area contributed by atoms with Crippen molar-refractivity contribution >= 4 is 22.2 Å². The number of nitrogens with zero attached hydrogens (tertiary/aromatic N) is 3. The number of hydrogen-bond acceptors (Lipinski definition) is 3. The van der Waals surface area contributed by atoms with Crippen LogP contribution in [0.4, 0.5) is 10.1 Å². The number of fused-ring (bicyclic) bond motifs is 2. The summed E-state index contributed by atoms with van der Waals surface area (Å²) < 4.78 is 14.7. The molecule has 1 aromatic carbocycles. The number of hydrogen-bond donors (Lipinski definition) is 2. The van der Waals surface area contributed by atoms with Gasteiger partial charge in [0.15, 0.2) is 11.5 Å². The van der Waals surface area contributed by atoms with E-state index in [-0.39, 0.29) is 5.69 Å². The second-order valence-electron chi connectivity index (χ2n) is 4.95. The number of nitrogens with two attached hydrogens (primary N) is 1. The summed E-state index contributed by atoms with van der Waals surface area (Å²) in [5.41, 5.74) is 8.70. The second kappa shape index (κ2) is 4.31. The van der Waals surface area contributed by atoms with E-state index in [0.29, 0.717) is 17.9 Å². The molecule has 0 saturated heterocycles. The summed E-state index contributed by atoms with van der Waals surface area (Å²) in [6.07, 6.45) is 3.78. The smallest absolute Gasteiger partial charge is 0.178 e. The quantitative estimate of drug-likeness (QED) is 0.593. The molecular weight excluding hydrogens is 269 g/mol. The van der Waals surface area contributed by atoms with Gasteiger partial charge in [0.1, 0.15) is 5.82 Å². The number of aromatic amines is 1. The zero-order valence-corrected chi connectivity index (χ0v) is 11.0. The van der Waals surface area contributed by atoms with Gasteiger partial charge in [-0.25, -0.2) is 13.9 Å². The fourth-order valence-corrected chi connectivity index (χ4v) is 2.54. The van der Waals surface area contributed by atoms with Crippen molar-refractivity contribution in [3.8, 4) is 0 Å². The standard InChI is InChI=1S/C15H12FN5/c16-10-6-12(17)15-19-14(20-21(15)8-10)5-9-7-18-13-4-2-1-3-11(9)13/h1-4,6-8,18H,5,17H2. The molecule has 0 unspecified atom stereocenters. The third-order valence-corrected chi connectivity index (χ3v) is 3.50. The highest BCUT2D eigenvalue weighted by atomic mass is 19.1. The molecule has 0 aliphatic rings. The fraction of sp³-hybridized carbons (Fsp3) is 0.0667. The van der Waals surface area contributed by atoms with Crippen molar-refractivity contribution in [2.45, 2.75) is 6.42 Å². The first-order chi connectivity index (χ1) is 10.2. The molecule has 0 amide bonds. The van der Waals surface area contributed by atoms with Crippen LogP contribution < -0.4 is 5.73 Å². The molecule has 3 heterocycles. The molecule has 104 valence electrons. The van der Waals surface area contributed by atoms with Gasteiger partial charge in [-0.3, -0.25) is 0 Å². The third kappa shape index (κ3) is 1.92.